The number of hydrogen-bond donors (Lipinski definition) is 2. The van der Waals surface area contributed by atoms with E-state index in [1.165, 1.54) is 0 Å². The fraction of sp³-hybridized carbons (Fsp3) is 0.800. The number of carbonyl (C=O) groups is 1. The van der Waals surface area contributed by atoms with Crippen molar-refractivity contribution < 1.29 is 9.53 Å². The van der Waals surface area contributed by atoms with E-state index in [0.29, 0.717) is 25.3 Å². The third-order valence-corrected chi connectivity index (χ3v) is 4.11. The molecule has 0 aromatic rings. The fourth-order valence-corrected chi connectivity index (χ4v) is 2.83. The van der Waals surface area contributed by atoms with Crippen LogP contribution in [-0.4, -0.2) is 31.2 Å². The first-order chi connectivity index (χ1) is 9.25. The van der Waals surface area contributed by atoms with E-state index in [2.05, 4.69) is 17.5 Å². The zero-order chi connectivity index (χ0) is 13.5. The second-order valence-electron chi connectivity index (χ2n) is 5.68. The van der Waals surface area contributed by atoms with Crippen LogP contribution in [0.5, 0.6) is 0 Å². The standard InChI is InChI=1S/C15H26N2O2/c16-13-6-8-14(9-7-13)19-11-10-17-15(18)12-4-2-1-3-5-12/h1-2,12-14H,3-11,16H2,(H,17,18). The summed E-state index contributed by atoms with van der Waals surface area (Å²) in [6, 6.07) is 0.360. The van der Waals surface area contributed by atoms with E-state index in [4.69, 9.17) is 10.5 Å². The Balaban J connectivity index is 1.54. The van der Waals surface area contributed by atoms with Gasteiger partial charge in [0.2, 0.25) is 5.91 Å². The van der Waals surface area contributed by atoms with Gasteiger partial charge in [0, 0.05) is 18.5 Å². The maximum atomic E-state index is 11.9. The van der Waals surface area contributed by atoms with Gasteiger partial charge in [-0.1, -0.05) is 12.2 Å². The fourth-order valence-electron chi connectivity index (χ4n) is 2.83. The maximum absolute atomic E-state index is 11.9. The topological polar surface area (TPSA) is 64.3 Å². The van der Waals surface area contributed by atoms with Gasteiger partial charge in [-0.15, -0.1) is 0 Å². The zero-order valence-electron chi connectivity index (χ0n) is 11.6. The van der Waals surface area contributed by atoms with Gasteiger partial charge in [0.05, 0.1) is 12.7 Å². The third-order valence-electron chi connectivity index (χ3n) is 4.11. The van der Waals surface area contributed by atoms with Crippen molar-refractivity contribution in [2.45, 2.75) is 57.1 Å². The van der Waals surface area contributed by atoms with Crippen LogP contribution in [0.3, 0.4) is 0 Å². The van der Waals surface area contributed by atoms with Gasteiger partial charge >= 0.3 is 0 Å². The first-order valence-corrected chi connectivity index (χ1v) is 7.55. The van der Waals surface area contributed by atoms with Crippen molar-refractivity contribution in [3.63, 3.8) is 0 Å². The molecule has 1 atom stereocenters. The molecular formula is C15H26N2O2. The number of carbonyl (C=O) groups excluding carboxylic acids is 1. The summed E-state index contributed by atoms with van der Waals surface area (Å²) in [6.45, 7) is 1.25. The second kappa shape index (κ2) is 7.65. The predicted octanol–water partition coefficient (Wildman–Crippen LogP) is 1.75. The van der Waals surface area contributed by atoms with Crippen molar-refractivity contribution >= 4 is 5.91 Å². The Hall–Kier alpha value is -0.870. The molecule has 2 aliphatic carbocycles. The van der Waals surface area contributed by atoms with Crippen molar-refractivity contribution in [3.8, 4) is 0 Å². The van der Waals surface area contributed by atoms with Crippen molar-refractivity contribution in [1.29, 1.82) is 0 Å². The highest BCUT2D eigenvalue weighted by Gasteiger charge is 2.20. The molecule has 0 bridgehead atoms. The molecule has 1 saturated carbocycles. The monoisotopic (exact) mass is 266 g/mol. The number of rotatable bonds is 5. The molecule has 1 unspecified atom stereocenters. The molecule has 2 rings (SSSR count). The molecule has 2 aliphatic rings. The van der Waals surface area contributed by atoms with Gasteiger partial charge in [0.1, 0.15) is 0 Å². The molecule has 0 aromatic heterocycles. The van der Waals surface area contributed by atoms with Crippen molar-refractivity contribution in [2.24, 2.45) is 11.7 Å². The van der Waals surface area contributed by atoms with E-state index < -0.39 is 0 Å². The van der Waals surface area contributed by atoms with E-state index in [1.54, 1.807) is 0 Å². The number of allylic oxidation sites excluding steroid dienone is 2. The first-order valence-electron chi connectivity index (χ1n) is 7.55. The average Bonchev–Trinajstić information content (AvgIpc) is 2.46. The largest absolute Gasteiger partial charge is 0.376 e. The molecule has 0 heterocycles. The van der Waals surface area contributed by atoms with Crippen LogP contribution in [0, 0.1) is 5.92 Å². The minimum Gasteiger partial charge on any atom is -0.376 e. The second-order valence-corrected chi connectivity index (χ2v) is 5.68. The van der Waals surface area contributed by atoms with Crippen LogP contribution in [0.4, 0.5) is 0 Å². The Labute approximate surface area is 115 Å². The molecule has 1 amide bonds. The van der Waals surface area contributed by atoms with Crippen molar-refractivity contribution in [1.82, 2.24) is 5.32 Å². The van der Waals surface area contributed by atoms with E-state index in [1.807, 2.05) is 0 Å². The Morgan fingerprint density at radius 3 is 2.68 bits per heavy atom. The molecule has 0 radical (unpaired) electrons. The number of amides is 1. The lowest BCUT2D eigenvalue weighted by atomic mass is 9.93. The first kappa shape index (κ1) is 14.5. The quantitative estimate of drug-likeness (QED) is 0.588. The highest BCUT2D eigenvalue weighted by molar-refractivity contribution is 5.78. The molecule has 0 aromatic carbocycles. The number of nitrogens with one attached hydrogen (secondary N) is 1. The summed E-state index contributed by atoms with van der Waals surface area (Å²) in [5.41, 5.74) is 5.86. The molecule has 0 aliphatic heterocycles. The van der Waals surface area contributed by atoms with Crippen LogP contribution in [0.25, 0.3) is 0 Å². The van der Waals surface area contributed by atoms with Crippen molar-refractivity contribution in [2.75, 3.05) is 13.2 Å². The third kappa shape index (κ3) is 4.96. The SMILES string of the molecule is NC1CCC(OCCNC(=O)C2CC=CCC2)CC1. The summed E-state index contributed by atoms with van der Waals surface area (Å²) in [5, 5.41) is 2.98. The van der Waals surface area contributed by atoms with Crippen LogP contribution in [0.2, 0.25) is 0 Å². The van der Waals surface area contributed by atoms with Gasteiger partial charge in [-0.3, -0.25) is 4.79 Å². The molecule has 3 N–H and O–H groups in total. The zero-order valence-corrected chi connectivity index (χ0v) is 11.6. The van der Waals surface area contributed by atoms with Crippen LogP contribution < -0.4 is 11.1 Å². The van der Waals surface area contributed by atoms with Crippen molar-refractivity contribution in [3.05, 3.63) is 12.2 Å². The highest BCUT2D eigenvalue weighted by Crippen LogP contribution is 2.20. The number of nitrogens with two attached hydrogens (primary N) is 1. The lowest BCUT2D eigenvalue weighted by molar-refractivity contribution is -0.125. The molecule has 4 nitrogen and oxygen atoms in total. The van der Waals surface area contributed by atoms with Gasteiger partial charge in [0.25, 0.3) is 0 Å². The molecule has 0 spiro atoms. The Kier molecular flexibility index (Phi) is 5.86. The van der Waals surface area contributed by atoms with E-state index in [9.17, 15) is 4.79 Å². The lowest BCUT2D eigenvalue weighted by Gasteiger charge is -2.26. The molecule has 4 heteroatoms. The van der Waals surface area contributed by atoms with E-state index >= 15 is 0 Å². The normalized spacial score (nSPS) is 31.1. The van der Waals surface area contributed by atoms with Crippen LogP contribution in [-0.2, 0) is 9.53 Å². The molecular weight excluding hydrogens is 240 g/mol. The van der Waals surface area contributed by atoms with E-state index in [-0.39, 0.29) is 11.8 Å². The Morgan fingerprint density at radius 1 is 1.21 bits per heavy atom. The molecule has 1 fully saturated rings. The summed E-state index contributed by atoms with van der Waals surface area (Å²) >= 11 is 0. The van der Waals surface area contributed by atoms with Gasteiger partial charge in [-0.05, 0) is 44.9 Å². The average molecular weight is 266 g/mol. The van der Waals surface area contributed by atoms with Gasteiger partial charge in [-0.25, -0.2) is 0 Å². The lowest BCUT2D eigenvalue weighted by Crippen LogP contribution is -2.35. The summed E-state index contributed by atoms with van der Waals surface area (Å²) in [6.07, 6.45) is 11.7. The molecule has 108 valence electrons. The predicted molar refractivity (Wildman–Crippen MR) is 75.7 cm³/mol. The maximum Gasteiger partial charge on any atom is 0.223 e. The molecule has 19 heavy (non-hydrogen) atoms. The summed E-state index contributed by atoms with van der Waals surface area (Å²) < 4.78 is 5.78. The van der Waals surface area contributed by atoms with Crippen LogP contribution in [0.1, 0.15) is 44.9 Å². The smallest absolute Gasteiger partial charge is 0.223 e. The molecule has 0 saturated heterocycles. The van der Waals surface area contributed by atoms with Gasteiger partial charge in [0.15, 0.2) is 0 Å². The van der Waals surface area contributed by atoms with E-state index in [0.717, 1.165) is 44.9 Å². The van der Waals surface area contributed by atoms with Crippen LogP contribution in [0.15, 0.2) is 12.2 Å². The summed E-state index contributed by atoms with van der Waals surface area (Å²) in [4.78, 5) is 11.9. The minimum absolute atomic E-state index is 0.165. The number of hydrogen-bond acceptors (Lipinski definition) is 3. The Bertz CT molecular complexity index is 309. The summed E-state index contributed by atoms with van der Waals surface area (Å²) in [5.74, 6) is 0.344. The van der Waals surface area contributed by atoms with Crippen LogP contribution >= 0.6 is 0 Å². The number of ether oxygens (including phenoxy) is 1. The highest BCUT2D eigenvalue weighted by atomic mass is 16.5. The summed E-state index contributed by atoms with van der Waals surface area (Å²) in [7, 11) is 0. The minimum atomic E-state index is 0.165. The van der Waals surface area contributed by atoms with Gasteiger partial charge in [-0.2, -0.15) is 0 Å². The van der Waals surface area contributed by atoms with Gasteiger partial charge < -0.3 is 15.8 Å². The Morgan fingerprint density at radius 2 is 2.00 bits per heavy atom.